The van der Waals surface area contributed by atoms with Crippen LogP contribution in [0.3, 0.4) is 0 Å². The molecule has 1 N–H and O–H groups in total. The molecule has 1 amide bonds. The number of carbonyl (C=O) groups is 1. The van der Waals surface area contributed by atoms with Gasteiger partial charge in [-0.25, -0.2) is 17.9 Å². The Labute approximate surface area is 212 Å². The molecule has 34 heavy (non-hydrogen) atoms. The van der Waals surface area contributed by atoms with Gasteiger partial charge in [0.15, 0.2) is 0 Å². The number of nitrogens with one attached hydrogen (secondary N) is 1. The molecule has 0 aliphatic carbocycles. The van der Waals surface area contributed by atoms with Crippen LogP contribution in [-0.4, -0.2) is 49.4 Å². The molecule has 9 heteroatoms. The van der Waals surface area contributed by atoms with E-state index in [0.717, 1.165) is 16.7 Å². The first-order valence-corrected chi connectivity index (χ1v) is 13.6. The first-order valence-electron chi connectivity index (χ1n) is 11.3. The summed E-state index contributed by atoms with van der Waals surface area (Å²) in [5.41, 5.74) is 2.03. The van der Waals surface area contributed by atoms with E-state index < -0.39 is 27.0 Å². The second-order valence-corrected chi connectivity index (χ2v) is 13.0. The van der Waals surface area contributed by atoms with Crippen LogP contribution in [0.15, 0.2) is 42.5 Å². The highest BCUT2D eigenvalue weighted by atomic mass is 35.5. The van der Waals surface area contributed by atoms with Crippen LogP contribution in [0.1, 0.15) is 52.5 Å². The van der Waals surface area contributed by atoms with Crippen molar-refractivity contribution >= 4 is 39.3 Å². The van der Waals surface area contributed by atoms with Crippen molar-refractivity contribution in [1.82, 2.24) is 9.62 Å². The lowest BCUT2D eigenvalue weighted by atomic mass is 9.86. The maximum atomic E-state index is 12.7. The van der Waals surface area contributed by atoms with Gasteiger partial charge in [0.1, 0.15) is 5.60 Å². The van der Waals surface area contributed by atoms with E-state index in [2.05, 4.69) is 4.72 Å². The smallest absolute Gasteiger partial charge is 0.410 e. The molecule has 6 nitrogen and oxygen atoms in total. The highest BCUT2D eigenvalue weighted by molar-refractivity contribution is 7.90. The molecule has 1 aliphatic rings. The lowest BCUT2D eigenvalue weighted by Gasteiger charge is -2.39. The van der Waals surface area contributed by atoms with Crippen LogP contribution in [0.5, 0.6) is 0 Å². The van der Waals surface area contributed by atoms with Crippen molar-refractivity contribution in [3.8, 4) is 11.1 Å². The van der Waals surface area contributed by atoms with Gasteiger partial charge in [-0.1, -0.05) is 47.5 Å². The molecule has 0 saturated carbocycles. The van der Waals surface area contributed by atoms with Crippen molar-refractivity contribution in [3.63, 3.8) is 0 Å². The maximum absolute atomic E-state index is 12.7. The van der Waals surface area contributed by atoms with Gasteiger partial charge in [0, 0.05) is 40.7 Å². The molecule has 1 heterocycles. The number of piperidine rings is 1. The van der Waals surface area contributed by atoms with Gasteiger partial charge >= 0.3 is 6.09 Å². The number of hydrogen-bond donors (Lipinski definition) is 1. The molecule has 1 aliphatic heterocycles. The third-order valence-electron chi connectivity index (χ3n) is 5.78. The minimum absolute atomic E-state index is 0.237. The van der Waals surface area contributed by atoms with Gasteiger partial charge in [-0.15, -0.1) is 0 Å². The van der Waals surface area contributed by atoms with Gasteiger partial charge in [-0.3, -0.25) is 0 Å². The second kappa shape index (κ2) is 10.4. The van der Waals surface area contributed by atoms with Crippen LogP contribution in [-0.2, 0) is 14.8 Å². The first-order chi connectivity index (χ1) is 15.8. The molecule has 0 bridgehead atoms. The number of ether oxygens (including phenoxy) is 1. The van der Waals surface area contributed by atoms with Crippen molar-refractivity contribution < 1.29 is 17.9 Å². The van der Waals surface area contributed by atoms with Crippen LogP contribution in [0.4, 0.5) is 4.79 Å². The second-order valence-electron chi connectivity index (χ2n) is 9.89. The van der Waals surface area contributed by atoms with Gasteiger partial charge in [0.2, 0.25) is 10.0 Å². The number of benzene rings is 2. The number of hydrogen-bond acceptors (Lipinski definition) is 4. The van der Waals surface area contributed by atoms with E-state index in [0.29, 0.717) is 29.6 Å². The molecule has 3 rings (SSSR count). The van der Waals surface area contributed by atoms with Crippen molar-refractivity contribution in [2.75, 3.05) is 13.1 Å². The topological polar surface area (TPSA) is 75.7 Å². The van der Waals surface area contributed by atoms with E-state index in [1.54, 1.807) is 30.9 Å². The average molecular weight is 528 g/mol. The van der Waals surface area contributed by atoms with Crippen LogP contribution in [0, 0.1) is 0 Å². The standard InChI is InChI=1S/C25H32Cl2N2O4S/c1-16(2)34(31,32)28-23-12-13-29(24(30)33-25(3,4)5)15-21(23)18-8-6-17(7-9-18)20-14-19(26)10-11-22(20)27/h6-11,14,16,21,23,28H,12-13,15H2,1-5H3. The predicted molar refractivity (Wildman–Crippen MR) is 138 cm³/mol. The van der Waals surface area contributed by atoms with Crippen LogP contribution in [0.2, 0.25) is 10.0 Å². The van der Waals surface area contributed by atoms with Gasteiger partial charge in [0.05, 0.1) is 5.25 Å². The molecule has 2 unspecified atom stereocenters. The number of nitrogens with zero attached hydrogens (tertiary/aromatic N) is 1. The molecule has 2 aromatic carbocycles. The van der Waals surface area contributed by atoms with E-state index in [-0.39, 0.29) is 12.0 Å². The van der Waals surface area contributed by atoms with E-state index in [1.807, 2.05) is 51.1 Å². The lowest BCUT2D eigenvalue weighted by Crippen LogP contribution is -2.53. The van der Waals surface area contributed by atoms with Crippen LogP contribution >= 0.6 is 23.2 Å². The summed E-state index contributed by atoms with van der Waals surface area (Å²) in [6, 6.07) is 12.7. The fourth-order valence-corrected chi connectivity index (χ4v) is 5.27. The van der Waals surface area contributed by atoms with E-state index in [4.69, 9.17) is 27.9 Å². The number of rotatable bonds is 5. The SMILES string of the molecule is CC(C)S(=O)(=O)NC1CCN(C(=O)OC(C)(C)C)CC1c1ccc(-c2cc(Cl)ccc2Cl)cc1. The zero-order valence-electron chi connectivity index (χ0n) is 20.1. The Balaban J connectivity index is 1.91. The Morgan fingerprint density at radius 3 is 2.35 bits per heavy atom. The monoisotopic (exact) mass is 526 g/mol. The van der Waals surface area contributed by atoms with E-state index >= 15 is 0 Å². The fraction of sp³-hybridized carbons (Fsp3) is 0.480. The van der Waals surface area contributed by atoms with Gasteiger partial charge in [-0.2, -0.15) is 0 Å². The summed E-state index contributed by atoms with van der Waals surface area (Å²) < 4.78 is 33.7. The van der Waals surface area contributed by atoms with Crippen molar-refractivity contribution in [2.45, 2.75) is 63.9 Å². The molecule has 0 radical (unpaired) electrons. The number of carbonyl (C=O) groups excluding carboxylic acids is 1. The molecule has 0 aromatic heterocycles. The predicted octanol–water partition coefficient (Wildman–Crippen LogP) is 6.08. The summed E-state index contributed by atoms with van der Waals surface area (Å²) in [5, 5.41) is 0.629. The minimum Gasteiger partial charge on any atom is -0.444 e. The van der Waals surface area contributed by atoms with Crippen molar-refractivity contribution in [1.29, 1.82) is 0 Å². The summed E-state index contributed by atoms with van der Waals surface area (Å²) in [5.74, 6) is -0.237. The number of amides is 1. The Bertz CT molecular complexity index is 1130. The van der Waals surface area contributed by atoms with Crippen LogP contribution < -0.4 is 4.72 Å². The Kier molecular flexibility index (Phi) is 8.23. The summed E-state index contributed by atoms with van der Waals surface area (Å²) in [6.07, 6.45) is 0.0857. The number of sulfonamides is 1. The van der Waals surface area contributed by atoms with Gasteiger partial charge in [0.25, 0.3) is 0 Å². The first kappa shape index (κ1) is 26.8. The molecule has 0 spiro atoms. The quantitative estimate of drug-likeness (QED) is 0.511. The molecule has 2 aromatic rings. The average Bonchev–Trinajstić information content (AvgIpc) is 2.74. The Morgan fingerprint density at radius 2 is 1.76 bits per heavy atom. The summed E-state index contributed by atoms with van der Waals surface area (Å²) in [7, 11) is -3.48. The highest BCUT2D eigenvalue weighted by Crippen LogP contribution is 2.34. The Hall–Kier alpha value is -1.80. The normalized spacial score (nSPS) is 19.4. The van der Waals surface area contributed by atoms with E-state index in [9.17, 15) is 13.2 Å². The van der Waals surface area contributed by atoms with E-state index in [1.165, 1.54) is 0 Å². The maximum Gasteiger partial charge on any atom is 0.410 e. The third kappa shape index (κ3) is 6.66. The third-order valence-corrected chi connectivity index (χ3v) is 8.22. The highest BCUT2D eigenvalue weighted by Gasteiger charge is 2.37. The minimum atomic E-state index is -3.48. The zero-order chi connectivity index (χ0) is 25.3. The van der Waals surface area contributed by atoms with Gasteiger partial charge < -0.3 is 9.64 Å². The Morgan fingerprint density at radius 1 is 1.12 bits per heavy atom. The summed E-state index contributed by atoms with van der Waals surface area (Å²) >= 11 is 12.5. The summed E-state index contributed by atoms with van der Waals surface area (Å²) in [6.45, 7) is 9.53. The van der Waals surface area contributed by atoms with Crippen molar-refractivity contribution in [2.24, 2.45) is 0 Å². The fourth-order valence-electron chi connectivity index (χ4n) is 3.90. The number of likely N-dealkylation sites (tertiary alicyclic amines) is 1. The largest absolute Gasteiger partial charge is 0.444 e. The van der Waals surface area contributed by atoms with Crippen molar-refractivity contribution in [3.05, 3.63) is 58.1 Å². The molecule has 2 atom stereocenters. The molecular formula is C25H32Cl2N2O4S. The molecular weight excluding hydrogens is 495 g/mol. The molecule has 186 valence electrons. The number of halogens is 2. The van der Waals surface area contributed by atoms with Crippen LogP contribution in [0.25, 0.3) is 11.1 Å². The lowest BCUT2D eigenvalue weighted by molar-refractivity contribution is 0.0182. The molecule has 1 fully saturated rings. The molecule has 1 saturated heterocycles. The summed E-state index contributed by atoms with van der Waals surface area (Å²) in [4.78, 5) is 14.4. The zero-order valence-corrected chi connectivity index (χ0v) is 22.5. The van der Waals surface area contributed by atoms with Gasteiger partial charge in [-0.05, 0) is 70.4 Å².